The third-order valence-corrected chi connectivity index (χ3v) is 2.68. The van der Waals surface area contributed by atoms with Gasteiger partial charge in [0, 0.05) is 13.1 Å². The van der Waals surface area contributed by atoms with E-state index in [1.54, 1.807) is 0 Å². The number of carbonyl (C=O) groups excluding carboxylic acids is 1. The summed E-state index contributed by atoms with van der Waals surface area (Å²) >= 11 is 0. The Balaban J connectivity index is 3.72. The van der Waals surface area contributed by atoms with E-state index in [-0.39, 0.29) is 11.9 Å². The first-order valence-electron chi connectivity index (χ1n) is 6.26. The molecular weight excluding hydrogens is 202 g/mol. The highest BCUT2D eigenvalue weighted by atomic mass is 16.2. The summed E-state index contributed by atoms with van der Waals surface area (Å²) < 4.78 is 0. The lowest BCUT2D eigenvalue weighted by Crippen LogP contribution is -2.44. The first-order chi connectivity index (χ1) is 7.51. The van der Waals surface area contributed by atoms with Crippen LogP contribution in [0.1, 0.15) is 34.1 Å². The van der Waals surface area contributed by atoms with E-state index < -0.39 is 0 Å². The summed E-state index contributed by atoms with van der Waals surface area (Å²) in [7, 11) is 0. The molecule has 0 unspecified atom stereocenters. The zero-order valence-corrected chi connectivity index (χ0v) is 11.1. The Hall–Kier alpha value is -0.610. The molecule has 0 aromatic rings. The summed E-state index contributed by atoms with van der Waals surface area (Å²) in [5.74, 6) is 0.435. The monoisotopic (exact) mass is 229 g/mol. The van der Waals surface area contributed by atoms with Crippen LogP contribution in [0.3, 0.4) is 0 Å². The van der Waals surface area contributed by atoms with E-state index in [1.165, 1.54) is 0 Å². The van der Waals surface area contributed by atoms with Crippen molar-refractivity contribution in [2.75, 3.05) is 26.2 Å². The molecule has 0 aliphatic heterocycles. The first kappa shape index (κ1) is 15.4. The highest BCUT2D eigenvalue weighted by molar-refractivity contribution is 5.81. The Morgan fingerprint density at radius 2 is 1.88 bits per heavy atom. The molecule has 16 heavy (non-hydrogen) atoms. The first-order valence-corrected chi connectivity index (χ1v) is 6.26. The molecule has 0 aromatic heterocycles. The van der Waals surface area contributed by atoms with Crippen molar-refractivity contribution >= 4 is 5.91 Å². The van der Waals surface area contributed by atoms with Gasteiger partial charge in [0.2, 0.25) is 5.91 Å². The number of carbonyl (C=O) groups is 1. The second kappa shape index (κ2) is 8.53. The van der Waals surface area contributed by atoms with E-state index in [0.29, 0.717) is 12.5 Å². The molecular formula is C12H27N3O. The maximum Gasteiger partial charge on any atom is 0.236 e. The maximum absolute atomic E-state index is 11.6. The van der Waals surface area contributed by atoms with Gasteiger partial charge in [-0.2, -0.15) is 0 Å². The summed E-state index contributed by atoms with van der Waals surface area (Å²) in [6.45, 7) is 12.0. The van der Waals surface area contributed by atoms with E-state index >= 15 is 0 Å². The van der Waals surface area contributed by atoms with Gasteiger partial charge in [-0.15, -0.1) is 0 Å². The Labute approximate surface area is 99.6 Å². The number of amides is 1. The van der Waals surface area contributed by atoms with Gasteiger partial charge in [0.25, 0.3) is 0 Å². The summed E-state index contributed by atoms with van der Waals surface area (Å²) in [6, 6.07) is -0.364. The highest BCUT2D eigenvalue weighted by Crippen LogP contribution is 2.02. The Bertz CT molecular complexity index is 191. The van der Waals surface area contributed by atoms with Crippen molar-refractivity contribution in [3.8, 4) is 0 Å². The fraction of sp³-hybridized carbons (Fsp3) is 0.917. The standard InChI is InChI=1S/C12H27N3O/c1-5-15(6-2)8-7-14-12(16)11(13)9-10(3)4/h10-11H,5-9,13H2,1-4H3,(H,14,16)/t11-/m1/s1. The number of nitrogens with one attached hydrogen (secondary N) is 1. The van der Waals surface area contributed by atoms with Crippen LogP contribution in [0.5, 0.6) is 0 Å². The fourth-order valence-electron chi connectivity index (χ4n) is 1.62. The molecule has 0 fully saturated rings. The van der Waals surface area contributed by atoms with Gasteiger partial charge in [-0.3, -0.25) is 4.79 Å². The van der Waals surface area contributed by atoms with Crippen molar-refractivity contribution in [1.29, 1.82) is 0 Å². The van der Waals surface area contributed by atoms with Crippen LogP contribution < -0.4 is 11.1 Å². The van der Waals surface area contributed by atoms with E-state index in [9.17, 15) is 4.79 Å². The molecule has 1 atom stereocenters. The second-order valence-corrected chi connectivity index (χ2v) is 4.55. The predicted molar refractivity (Wildman–Crippen MR) is 68.2 cm³/mol. The second-order valence-electron chi connectivity index (χ2n) is 4.55. The summed E-state index contributed by atoms with van der Waals surface area (Å²) in [5.41, 5.74) is 5.77. The van der Waals surface area contributed by atoms with E-state index in [4.69, 9.17) is 5.73 Å². The van der Waals surface area contributed by atoms with Crippen molar-refractivity contribution in [2.24, 2.45) is 11.7 Å². The van der Waals surface area contributed by atoms with Crippen LogP contribution in [0.2, 0.25) is 0 Å². The molecule has 96 valence electrons. The zero-order chi connectivity index (χ0) is 12.6. The number of rotatable bonds is 8. The van der Waals surface area contributed by atoms with Crippen LogP contribution in [-0.4, -0.2) is 43.0 Å². The predicted octanol–water partition coefficient (Wildman–Crippen LogP) is 0.818. The summed E-state index contributed by atoms with van der Waals surface area (Å²) in [5, 5.41) is 2.88. The van der Waals surface area contributed by atoms with Crippen LogP contribution in [0.25, 0.3) is 0 Å². The molecule has 0 bridgehead atoms. The average Bonchev–Trinajstić information content (AvgIpc) is 2.23. The van der Waals surface area contributed by atoms with Crippen molar-refractivity contribution in [3.05, 3.63) is 0 Å². The molecule has 0 heterocycles. The lowest BCUT2D eigenvalue weighted by atomic mass is 10.0. The lowest BCUT2D eigenvalue weighted by molar-refractivity contribution is -0.122. The molecule has 0 saturated carbocycles. The van der Waals surface area contributed by atoms with E-state index in [0.717, 1.165) is 26.1 Å². The quantitative estimate of drug-likeness (QED) is 0.648. The molecule has 1 amide bonds. The number of hydrogen-bond acceptors (Lipinski definition) is 3. The van der Waals surface area contributed by atoms with Gasteiger partial charge in [-0.1, -0.05) is 27.7 Å². The Morgan fingerprint density at radius 3 is 2.31 bits per heavy atom. The fourth-order valence-corrected chi connectivity index (χ4v) is 1.62. The van der Waals surface area contributed by atoms with Crippen molar-refractivity contribution in [2.45, 2.75) is 40.2 Å². The van der Waals surface area contributed by atoms with Crippen LogP contribution in [0, 0.1) is 5.92 Å². The molecule has 0 saturated heterocycles. The van der Waals surface area contributed by atoms with Crippen LogP contribution in [-0.2, 0) is 4.79 Å². The third kappa shape index (κ3) is 6.80. The topological polar surface area (TPSA) is 58.4 Å². The van der Waals surface area contributed by atoms with Crippen molar-refractivity contribution < 1.29 is 4.79 Å². The minimum absolute atomic E-state index is 0.0270. The van der Waals surface area contributed by atoms with Crippen molar-refractivity contribution in [3.63, 3.8) is 0 Å². The largest absolute Gasteiger partial charge is 0.353 e. The average molecular weight is 229 g/mol. The molecule has 0 spiro atoms. The minimum atomic E-state index is -0.364. The number of nitrogens with zero attached hydrogens (tertiary/aromatic N) is 1. The van der Waals surface area contributed by atoms with Gasteiger partial charge in [-0.05, 0) is 25.4 Å². The molecule has 0 aliphatic carbocycles. The van der Waals surface area contributed by atoms with Crippen LogP contribution in [0.4, 0.5) is 0 Å². The highest BCUT2D eigenvalue weighted by Gasteiger charge is 2.14. The SMILES string of the molecule is CCN(CC)CCNC(=O)[C@H](N)CC(C)C. The van der Waals surface area contributed by atoms with Crippen LogP contribution in [0.15, 0.2) is 0 Å². The van der Waals surface area contributed by atoms with Crippen molar-refractivity contribution in [1.82, 2.24) is 10.2 Å². The Morgan fingerprint density at radius 1 is 1.31 bits per heavy atom. The number of hydrogen-bond donors (Lipinski definition) is 2. The van der Waals surface area contributed by atoms with Gasteiger partial charge < -0.3 is 16.0 Å². The van der Waals surface area contributed by atoms with Gasteiger partial charge in [0.05, 0.1) is 6.04 Å². The van der Waals surface area contributed by atoms with E-state index in [2.05, 4.69) is 37.9 Å². The minimum Gasteiger partial charge on any atom is -0.353 e. The number of likely N-dealkylation sites (N-methyl/N-ethyl adjacent to an activating group) is 1. The van der Waals surface area contributed by atoms with Gasteiger partial charge >= 0.3 is 0 Å². The zero-order valence-electron chi connectivity index (χ0n) is 11.1. The smallest absolute Gasteiger partial charge is 0.236 e. The normalized spacial score (nSPS) is 13.2. The molecule has 3 N–H and O–H groups in total. The lowest BCUT2D eigenvalue weighted by Gasteiger charge is -2.19. The van der Waals surface area contributed by atoms with Crippen LogP contribution >= 0.6 is 0 Å². The number of nitrogens with two attached hydrogens (primary N) is 1. The molecule has 0 rings (SSSR count). The molecule has 0 aromatic carbocycles. The third-order valence-electron chi connectivity index (χ3n) is 2.68. The van der Waals surface area contributed by atoms with Gasteiger partial charge in [-0.25, -0.2) is 0 Å². The maximum atomic E-state index is 11.6. The summed E-state index contributed by atoms with van der Waals surface area (Å²) in [6.07, 6.45) is 0.747. The van der Waals surface area contributed by atoms with Gasteiger partial charge in [0.15, 0.2) is 0 Å². The summed E-state index contributed by atoms with van der Waals surface area (Å²) in [4.78, 5) is 13.9. The molecule has 0 radical (unpaired) electrons. The molecule has 4 heteroatoms. The molecule has 0 aliphatic rings. The van der Waals surface area contributed by atoms with E-state index in [1.807, 2.05) is 0 Å². The van der Waals surface area contributed by atoms with Gasteiger partial charge in [0.1, 0.15) is 0 Å². The molecule has 4 nitrogen and oxygen atoms in total. The Kier molecular flexibility index (Phi) is 8.21.